The average molecular weight is 300 g/mol. The van der Waals surface area contributed by atoms with Crippen LogP contribution in [-0.4, -0.2) is 30.1 Å². The molecule has 0 atom stereocenters. The molecule has 0 spiro atoms. The van der Waals surface area contributed by atoms with Gasteiger partial charge in [-0.15, -0.1) is 10.2 Å². The van der Waals surface area contributed by atoms with Crippen molar-refractivity contribution < 1.29 is 43.1 Å². The van der Waals surface area contributed by atoms with Crippen molar-refractivity contribution in [1.82, 2.24) is 14.9 Å². The van der Waals surface area contributed by atoms with Crippen molar-refractivity contribution in [2.24, 2.45) is 4.99 Å². The van der Waals surface area contributed by atoms with Gasteiger partial charge in [0.1, 0.15) is 0 Å². The van der Waals surface area contributed by atoms with Crippen molar-refractivity contribution in [3.8, 4) is 0 Å². The fourth-order valence-corrected chi connectivity index (χ4v) is 3.26. The van der Waals surface area contributed by atoms with Crippen LogP contribution in [0.2, 0.25) is 0 Å². The summed E-state index contributed by atoms with van der Waals surface area (Å²) in [5.74, 6) is -0.450. The average Bonchev–Trinajstić information content (AvgIpc) is 2.46. The second-order valence-electron chi connectivity index (χ2n) is 4.34. The Hall–Kier alpha value is -0.0600. The van der Waals surface area contributed by atoms with Crippen molar-refractivity contribution in [2.45, 2.75) is 37.6 Å². The summed E-state index contributed by atoms with van der Waals surface area (Å²) in [6.45, 7) is 6.40. The summed E-state index contributed by atoms with van der Waals surface area (Å²) in [6, 6.07) is 0. The molecule has 10 heteroatoms. The topological polar surface area (TPSA) is 107 Å². The molecule has 0 aliphatic heterocycles. The van der Waals surface area contributed by atoms with Gasteiger partial charge in [-0.05, 0) is 33.6 Å². The smallest absolute Gasteiger partial charge is 0.862 e. The number of aromatic nitrogens is 2. The third kappa shape index (κ3) is 5.72. The Labute approximate surface area is 132 Å². The molecule has 1 rings (SSSR count). The standard InChI is InChI=1S/C8H14N4O3S2.Na/c1-5(13)9-6-10-11-7(16-6)17(14,15)12-8(2,3)4;/h12H,1-4H3,(H,9,10,13);/q;+1/p-1. The van der Waals surface area contributed by atoms with Gasteiger partial charge < -0.3 is 5.11 Å². The molecule has 0 saturated heterocycles. The molecular weight excluding hydrogens is 287 g/mol. The summed E-state index contributed by atoms with van der Waals surface area (Å²) < 4.78 is 25.9. The minimum Gasteiger partial charge on any atom is -0.862 e. The van der Waals surface area contributed by atoms with E-state index in [0.717, 1.165) is 11.3 Å². The van der Waals surface area contributed by atoms with E-state index in [0.29, 0.717) is 0 Å². The molecule has 7 nitrogen and oxygen atoms in total. The Bertz CT molecular complexity index is 529. The Balaban J connectivity index is 0.00000289. The van der Waals surface area contributed by atoms with Gasteiger partial charge >= 0.3 is 29.6 Å². The van der Waals surface area contributed by atoms with E-state index in [1.165, 1.54) is 6.92 Å². The summed E-state index contributed by atoms with van der Waals surface area (Å²) in [6.07, 6.45) is 0. The number of rotatable bonds is 3. The van der Waals surface area contributed by atoms with Crippen LogP contribution in [0.1, 0.15) is 27.7 Å². The van der Waals surface area contributed by atoms with Gasteiger partial charge in [-0.2, -0.15) is 0 Å². The minimum absolute atomic E-state index is 0. The summed E-state index contributed by atoms with van der Waals surface area (Å²) >= 11 is 0.749. The molecule has 1 aromatic rings. The quantitative estimate of drug-likeness (QED) is 0.364. The summed E-state index contributed by atoms with van der Waals surface area (Å²) in [4.78, 5) is 3.50. The van der Waals surface area contributed by atoms with Gasteiger partial charge in [0.25, 0.3) is 10.0 Å². The zero-order valence-corrected chi connectivity index (χ0v) is 14.5. The van der Waals surface area contributed by atoms with E-state index in [2.05, 4.69) is 19.9 Å². The van der Waals surface area contributed by atoms with Crippen molar-refractivity contribution >= 4 is 32.4 Å². The van der Waals surface area contributed by atoms with Crippen LogP contribution in [-0.2, 0) is 10.0 Å². The molecular formula is C8H13N4NaO3S2. The monoisotopic (exact) mass is 300 g/mol. The molecule has 1 aromatic heterocycles. The van der Waals surface area contributed by atoms with Crippen molar-refractivity contribution in [1.29, 1.82) is 0 Å². The van der Waals surface area contributed by atoms with Crippen LogP contribution in [0.5, 0.6) is 0 Å². The van der Waals surface area contributed by atoms with E-state index in [-0.39, 0.29) is 39.0 Å². The predicted octanol–water partition coefficient (Wildman–Crippen LogP) is -2.97. The van der Waals surface area contributed by atoms with Crippen LogP contribution in [0.25, 0.3) is 0 Å². The first-order valence-electron chi connectivity index (χ1n) is 4.70. The molecule has 0 aliphatic carbocycles. The first-order chi connectivity index (χ1) is 7.60. The van der Waals surface area contributed by atoms with Gasteiger partial charge in [-0.1, -0.05) is 11.3 Å². The Morgan fingerprint density at radius 2 is 1.94 bits per heavy atom. The van der Waals surface area contributed by atoms with E-state index in [1.807, 2.05) is 0 Å². The molecule has 0 saturated carbocycles. The van der Waals surface area contributed by atoms with E-state index in [4.69, 9.17) is 0 Å². The maximum absolute atomic E-state index is 11.8. The summed E-state index contributed by atoms with van der Waals surface area (Å²) in [5, 5.41) is 17.8. The Morgan fingerprint density at radius 3 is 2.39 bits per heavy atom. The molecule has 0 unspecified atom stereocenters. The number of aliphatic imine (C=N–C) groups is 1. The molecule has 18 heavy (non-hydrogen) atoms. The number of sulfonamides is 1. The molecule has 0 bridgehead atoms. The second kappa shape index (κ2) is 6.40. The third-order valence-corrected chi connectivity index (χ3v) is 4.26. The summed E-state index contributed by atoms with van der Waals surface area (Å²) in [5.41, 5.74) is -0.609. The third-order valence-electron chi connectivity index (χ3n) is 1.32. The van der Waals surface area contributed by atoms with Gasteiger partial charge in [-0.25, -0.2) is 18.1 Å². The summed E-state index contributed by atoms with van der Waals surface area (Å²) in [7, 11) is -3.71. The van der Waals surface area contributed by atoms with E-state index < -0.39 is 21.5 Å². The van der Waals surface area contributed by atoms with Crippen molar-refractivity contribution in [3.63, 3.8) is 0 Å². The van der Waals surface area contributed by atoms with Crippen molar-refractivity contribution in [3.05, 3.63) is 0 Å². The van der Waals surface area contributed by atoms with Crippen molar-refractivity contribution in [2.75, 3.05) is 0 Å². The maximum atomic E-state index is 11.8. The van der Waals surface area contributed by atoms with E-state index >= 15 is 0 Å². The number of nitrogens with one attached hydrogen (secondary N) is 1. The van der Waals surface area contributed by atoms with E-state index in [9.17, 15) is 13.5 Å². The second-order valence-corrected chi connectivity index (χ2v) is 7.15. The number of nitrogens with zero attached hydrogens (tertiary/aromatic N) is 3. The molecule has 0 fully saturated rings. The molecule has 0 radical (unpaired) electrons. The van der Waals surface area contributed by atoms with Crippen LogP contribution in [0.4, 0.5) is 5.13 Å². The Morgan fingerprint density at radius 1 is 1.39 bits per heavy atom. The zero-order valence-electron chi connectivity index (χ0n) is 10.9. The number of hydrogen-bond acceptors (Lipinski definition) is 7. The molecule has 0 aliphatic rings. The Kier molecular flexibility index (Phi) is 6.38. The van der Waals surface area contributed by atoms with E-state index in [1.54, 1.807) is 20.8 Å². The number of hydrogen-bond donors (Lipinski definition) is 1. The van der Waals surface area contributed by atoms with Gasteiger partial charge in [0, 0.05) is 5.54 Å². The predicted molar refractivity (Wildman–Crippen MR) is 62.8 cm³/mol. The fourth-order valence-electron chi connectivity index (χ4n) is 0.938. The van der Waals surface area contributed by atoms with Gasteiger partial charge in [0.05, 0.1) is 0 Å². The first kappa shape index (κ1) is 17.9. The zero-order chi connectivity index (χ0) is 13.3. The maximum Gasteiger partial charge on any atom is 1.00 e. The van der Waals surface area contributed by atoms with Crippen LogP contribution in [0.3, 0.4) is 0 Å². The van der Waals surface area contributed by atoms with Gasteiger partial charge in [0.15, 0.2) is 0 Å². The van der Waals surface area contributed by atoms with Crippen LogP contribution < -0.4 is 39.4 Å². The van der Waals surface area contributed by atoms with Gasteiger partial charge in [-0.3, -0.25) is 0 Å². The molecule has 1 N–H and O–H groups in total. The van der Waals surface area contributed by atoms with Crippen LogP contribution in [0, 0.1) is 0 Å². The molecule has 96 valence electrons. The minimum atomic E-state index is -3.71. The normalized spacial score (nSPS) is 13.2. The largest absolute Gasteiger partial charge is 1.00 e. The van der Waals surface area contributed by atoms with Gasteiger partial charge in [0.2, 0.25) is 9.47 Å². The molecule has 0 amide bonds. The molecule has 0 aromatic carbocycles. The first-order valence-corrected chi connectivity index (χ1v) is 7.00. The molecule has 1 heterocycles. The fraction of sp³-hybridized carbons (Fsp3) is 0.625. The SMILES string of the molecule is CC([O-])=Nc1nnc(S(=O)(=O)NC(C)(C)C)s1.[Na+]. The van der Waals surface area contributed by atoms with Crippen LogP contribution >= 0.6 is 11.3 Å². The van der Waals surface area contributed by atoms with Crippen LogP contribution in [0.15, 0.2) is 9.33 Å².